The number of anilines is 1. The van der Waals surface area contributed by atoms with Gasteiger partial charge in [0.1, 0.15) is 23.8 Å². The molecule has 0 radical (unpaired) electrons. The van der Waals surface area contributed by atoms with E-state index in [9.17, 15) is 5.26 Å². The Bertz CT molecular complexity index is 1270. The molecule has 1 aliphatic rings. The molecule has 1 fully saturated rings. The number of azo groups is 1. The number of hydrogen-bond acceptors (Lipinski definition) is 10. The molecular weight excluding hydrogens is 502 g/mol. The largest absolute Gasteiger partial charge is 0.372 e. The lowest BCUT2D eigenvalue weighted by Crippen LogP contribution is -2.24. The Morgan fingerprint density at radius 2 is 1.89 bits per heavy atom. The van der Waals surface area contributed by atoms with Crippen molar-refractivity contribution in [3.05, 3.63) is 65.4 Å². The molecule has 2 atom stereocenters. The SMILES string of the molecule is CCCN(CCC)c1ccc(/N=N\c2nn(-c3ccc(C4OSOC4C)cc3)cc2C#N)c(COCN)c1. The van der Waals surface area contributed by atoms with Gasteiger partial charge in [-0.1, -0.05) is 26.0 Å². The maximum Gasteiger partial charge on any atom is 0.213 e. The zero-order chi connectivity index (χ0) is 26.9. The van der Waals surface area contributed by atoms with Crippen LogP contribution in [0, 0.1) is 11.3 Å². The second-order valence-corrected chi connectivity index (χ2v) is 9.44. The summed E-state index contributed by atoms with van der Waals surface area (Å²) in [5.41, 5.74) is 10.3. The minimum Gasteiger partial charge on any atom is -0.372 e. The van der Waals surface area contributed by atoms with Gasteiger partial charge in [0.25, 0.3) is 0 Å². The number of nitrogens with two attached hydrogens (primary N) is 1. The van der Waals surface area contributed by atoms with Crippen molar-refractivity contribution < 1.29 is 13.1 Å². The van der Waals surface area contributed by atoms with Crippen LogP contribution < -0.4 is 10.6 Å². The first-order chi connectivity index (χ1) is 18.6. The van der Waals surface area contributed by atoms with E-state index < -0.39 is 0 Å². The summed E-state index contributed by atoms with van der Waals surface area (Å²) in [6.45, 7) is 8.66. The summed E-state index contributed by atoms with van der Waals surface area (Å²) in [6.07, 6.45) is 3.58. The Morgan fingerprint density at radius 3 is 2.53 bits per heavy atom. The fourth-order valence-electron chi connectivity index (χ4n) is 4.21. The summed E-state index contributed by atoms with van der Waals surface area (Å²) >= 11 is 1.02. The van der Waals surface area contributed by atoms with E-state index in [0.717, 1.165) is 60.8 Å². The third kappa shape index (κ3) is 6.59. The number of ether oxygens (including phenoxy) is 1. The highest BCUT2D eigenvalue weighted by molar-refractivity contribution is 7.90. The average Bonchev–Trinajstić information content (AvgIpc) is 3.56. The quantitative estimate of drug-likeness (QED) is 0.164. The van der Waals surface area contributed by atoms with Gasteiger partial charge in [0.2, 0.25) is 5.82 Å². The van der Waals surface area contributed by atoms with Crippen molar-refractivity contribution in [1.29, 1.82) is 5.26 Å². The van der Waals surface area contributed by atoms with Crippen LogP contribution in [-0.2, 0) is 19.7 Å². The molecular formula is C27H33N7O3S. The predicted octanol–water partition coefficient (Wildman–Crippen LogP) is 6.26. The van der Waals surface area contributed by atoms with Gasteiger partial charge in [-0.2, -0.15) is 5.26 Å². The number of benzene rings is 2. The highest BCUT2D eigenvalue weighted by atomic mass is 32.2. The third-order valence-electron chi connectivity index (χ3n) is 6.10. The van der Waals surface area contributed by atoms with E-state index in [0.29, 0.717) is 17.9 Å². The first-order valence-corrected chi connectivity index (χ1v) is 13.4. The Hall–Kier alpha value is -3.27. The van der Waals surface area contributed by atoms with Gasteiger partial charge in [-0.15, -0.1) is 15.3 Å². The average molecular weight is 536 g/mol. The van der Waals surface area contributed by atoms with Gasteiger partial charge < -0.3 is 15.4 Å². The van der Waals surface area contributed by atoms with E-state index in [4.69, 9.17) is 18.8 Å². The van der Waals surface area contributed by atoms with Gasteiger partial charge in [-0.3, -0.25) is 8.37 Å². The van der Waals surface area contributed by atoms with E-state index >= 15 is 0 Å². The molecule has 38 heavy (non-hydrogen) atoms. The second-order valence-electron chi connectivity index (χ2n) is 8.92. The second kappa shape index (κ2) is 13.5. The fourth-order valence-corrected chi connectivity index (χ4v) is 4.83. The van der Waals surface area contributed by atoms with Crippen molar-refractivity contribution in [3.63, 3.8) is 0 Å². The van der Waals surface area contributed by atoms with Crippen LogP contribution in [0.25, 0.3) is 5.69 Å². The zero-order valence-electron chi connectivity index (χ0n) is 21.9. The molecule has 3 aromatic rings. The van der Waals surface area contributed by atoms with Gasteiger partial charge >= 0.3 is 0 Å². The Kier molecular flexibility index (Phi) is 9.86. The summed E-state index contributed by atoms with van der Waals surface area (Å²) in [5.74, 6) is 0.238. The van der Waals surface area contributed by atoms with Gasteiger partial charge in [0.05, 0.1) is 30.9 Å². The maximum absolute atomic E-state index is 9.68. The summed E-state index contributed by atoms with van der Waals surface area (Å²) in [7, 11) is 0. The predicted molar refractivity (Wildman–Crippen MR) is 147 cm³/mol. The highest BCUT2D eigenvalue weighted by Gasteiger charge is 2.28. The number of nitrogens with zero attached hydrogens (tertiary/aromatic N) is 6. The number of aromatic nitrogens is 2. The molecule has 2 heterocycles. The normalized spacial score (nSPS) is 17.2. The monoisotopic (exact) mass is 535 g/mol. The molecule has 200 valence electrons. The zero-order valence-corrected chi connectivity index (χ0v) is 22.7. The lowest BCUT2D eigenvalue weighted by atomic mass is 10.1. The molecule has 0 spiro atoms. The number of nitriles is 1. The molecule has 1 saturated heterocycles. The molecule has 0 saturated carbocycles. The first kappa shape index (κ1) is 27.8. The molecule has 2 aromatic carbocycles. The molecule has 2 unspecified atom stereocenters. The standard InChI is InChI=1S/C27H33N7O3S/c1-4-12-33(13-5-2)24-10-11-25(21(14-24)17-35-18-29)30-31-27-22(15-28)16-34(32-27)23-8-6-20(7-9-23)26-19(3)36-38-37-26/h6-11,14,16,19,26H,4-5,12-13,17-18,29H2,1-3H3/b31-30-. The van der Waals surface area contributed by atoms with Gasteiger partial charge in [-0.05, 0) is 55.7 Å². The molecule has 0 amide bonds. The van der Waals surface area contributed by atoms with Crippen molar-refractivity contribution in [3.8, 4) is 11.8 Å². The van der Waals surface area contributed by atoms with Crippen LogP contribution in [0.2, 0.25) is 0 Å². The van der Waals surface area contributed by atoms with E-state index in [1.807, 2.05) is 43.3 Å². The number of rotatable bonds is 12. The van der Waals surface area contributed by atoms with Crippen LogP contribution in [0.5, 0.6) is 0 Å². The molecule has 1 aromatic heterocycles. The van der Waals surface area contributed by atoms with Gasteiger partial charge in [-0.25, -0.2) is 4.68 Å². The Balaban J connectivity index is 1.58. The maximum atomic E-state index is 9.68. The molecule has 11 heteroatoms. The van der Waals surface area contributed by atoms with Gasteiger partial charge in [0, 0.05) is 24.3 Å². The van der Waals surface area contributed by atoms with Crippen molar-refractivity contribution in [1.82, 2.24) is 9.78 Å². The van der Waals surface area contributed by atoms with Crippen LogP contribution in [0.1, 0.15) is 56.4 Å². The van der Waals surface area contributed by atoms with Crippen LogP contribution in [0.15, 0.2) is 58.9 Å². The topological polar surface area (TPSA) is 123 Å². The van der Waals surface area contributed by atoms with E-state index in [-0.39, 0.29) is 24.8 Å². The Labute approximate surface area is 227 Å². The minimum absolute atomic E-state index is 0.0386. The molecule has 1 aliphatic heterocycles. The van der Waals surface area contributed by atoms with Crippen LogP contribution in [0.3, 0.4) is 0 Å². The highest BCUT2D eigenvalue weighted by Crippen LogP contribution is 2.37. The van der Waals surface area contributed by atoms with Crippen molar-refractivity contribution in [2.75, 3.05) is 24.7 Å². The van der Waals surface area contributed by atoms with Crippen molar-refractivity contribution in [2.45, 2.75) is 52.4 Å². The van der Waals surface area contributed by atoms with Crippen LogP contribution in [-0.4, -0.2) is 35.7 Å². The molecule has 2 N–H and O–H groups in total. The van der Waals surface area contributed by atoms with E-state index in [2.05, 4.69) is 46.2 Å². The number of hydrogen-bond donors (Lipinski definition) is 1. The molecule has 4 rings (SSSR count). The lowest BCUT2D eigenvalue weighted by Gasteiger charge is -2.24. The van der Waals surface area contributed by atoms with Gasteiger partial charge in [0.15, 0.2) is 12.3 Å². The Morgan fingerprint density at radius 1 is 1.13 bits per heavy atom. The lowest BCUT2D eigenvalue weighted by molar-refractivity contribution is 0.128. The van der Waals surface area contributed by atoms with E-state index in [1.54, 1.807) is 10.9 Å². The summed E-state index contributed by atoms with van der Waals surface area (Å²) in [5, 5.41) is 23.0. The summed E-state index contributed by atoms with van der Waals surface area (Å²) < 4.78 is 18.1. The van der Waals surface area contributed by atoms with Crippen molar-refractivity contribution >= 4 is 29.5 Å². The summed E-state index contributed by atoms with van der Waals surface area (Å²) in [6, 6.07) is 16.0. The minimum atomic E-state index is -0.134. The summed E-state index contributed by atoms with van der Waals surface area (Å²) in [4.78, 5) is 2.35. The van der Waals surface area contributed by atoms with Crippen molar-refractivity contribution in [2.24, 2.45) is 16.0 Å². The molecule has 10 nitrogen and oxygen atoms in total. The smallest absolute Gasteiger partial charge is 0.213 e. The third-order valence-corrected chi connectivity index (χ3v) is 6.77. The van der Waals surface area contributed by atoms with Crippen LogP contribution >= 0.6 is 12.3 Å². The first-order valence-electron chi connectivity index (χ1n) is 12.7. The van der Waals surface area contributed by atoms with Crippen LogP contribution in [0.4, 0.5) is 17.2 Å². The van der Waals surface area contributed by atoms with E-state index in [1.165, 1.54) is 0 Å². The molecule has 0 aliphatic carbocycles. The fraction of sp³-hybridized carbons (Fsp3) is 0.407. The molecule has 0 bridgehead atoms.